The largest absolute Gasteiger partial charge is 0.494 e. The van der Waals surface area contributed by atoms with Crippen LogP contribution in [0.5, 0.6) is 5.75 Å². The second-order valence-electron chi connectivity index (χ2n) is 8.47. The summed E-state index contributed by atoms with van der Waals surface area (Å²) in [5, 5.41) is 7.57. The number of benzene rings is 1. The van der Waals surface area contributed by atoms with E-state index in [-0.39, 0.29) is 0 Å². The Bertz CT molecular complexity index is 1140. The van der Waals surface area contributed by atoms with Crippen molar-refractivity contribution in [1.29, 1.82) is 0 Å². The van der Waals surface area contributed by atoms with Gasteiger partial charge < -0.3 is 25.3 Å². The van der Waals surface area contributed by atoms with Gasteiger partial charge in [0.1, 0.15) is 17.2 Å². The van der Waals surface area contributed by atoms with E-state index >= 15 is 0 Å². The van der Waals surface area contributed by atoms with Gasteiger partial charge in [-0.3, -0.25) is 4.90 Å². The molecule has 0 amide bonds. The minimum atomic E-state index is 0.482. The molecule has 0 unspecified atom stereocenters. The molecule has 33 heavy (non-hydrogen) atoms. The van der Waals surface area contributed by atoms with Crippen LogP contribution >= 0.6 is 0 Å². The number of anilines is 4. The van der Waals surface area contributed by atoms with Gasteiger partial charge in [0.25, 0.3) is 0 Å². The maximum absolute atomic E-state index is 5.71. The number of fused-ring (bicyclic) bond motifs is 1. The van der Waals surface area contributed by atoms with E-state index in [1.807, 2.05) is 31.3 Å². The van der Waals surface area contributed by atoms with E-state index in [9.17, 15) is 0 Å². The number of hydrogen-bond donors (Lipinski definition) is 3. The summed E-state index contributed by atoms with van der Waals surface area (Å²) in [7, 11) is 1.69. The second-order valence-corrected chi connectivity index (χ2v) is 8.47. The number of nitrogens with zero attached hydrogens (tertiary/aromatic N) is 4. The number of methoxy groups -OCH3 is 1. The minimum Gasteiger partial charge on any atom is -0.494 e. The normalized spacial score (nSPS) is 15.2. The number of piperazine rings is 1. The molecule has 0 spiro atoms. The average Bonchev–Trinajstić information content (AvgIpc) is 3.28. The van der Waals surface area contributed by atoms with Crippen molar-refractivity contribution in [3.63, 3.8) is 0 Å². The van der Waals surface area contributed by atoms with Gasteiger partial charge in [-0.05, 0) is 45.0 Å². The number of ether oxygens (including phenoxy) is 1. The van der Waals surface area contributed by atoms with Gasteiger partial charge in [-0.2, -0.15) is 9.97 Å². The number of H-pyrrole nitrogens is 1. The van der Waals surface area contributed by atoms with Crippen molar-refractivity contribution < 1.29 is 4.74 Å². The quantitative estimate of drug-likeness (QED) is 0.430. The van der Waals surface area contributed by atoms with Gasteiger partial charge >= 0.3 is 0 Å². The highest BCUT2D eigenvalue weighted by atomic mass is 16.5. The summed E-state index contributed by atoms with van der Waals surface area (Å²) in [5.74, 6) is 1.96. The molecule has 4 rings (SSSR count). The number of nitrogens with one attached hydrogen (secondary N) is 3. The van der Waals surface area contributed by atoms with Crippen molar-refractivity contribution >= 4 is 34.2 Å². The van der Waals surface area contributed by atoms with Crippen molar-refractivity contribution in [2.75, 3.05) is 48.8 Å². The van der Waals surface area contributed by atoms with Crippen LogP contribution in [0.1, 0.15) is 20.8 Å². The molecule has 0 aliphatic carbocycles. The fourth-order valence-electron chi connectivity index (χ4n) is 4.09. The van der Waals surface area contributed by atoms with Crippen LogP contribution in [0.3, 0.4) is 0 Å². The molecule has 3 aromatic rings. The summed E-state index contributed by atoms with van der Waals surface area (Å²) in [5.41, 5.74) is 3.67. The number of allylic oxidation sites excluding steroid dienone is 3. The topological polar surface area (TPSA) is 81.3 Å². The van der Waals surface area contributed by atoms with Gasteiger partial charge in [-0.1, -0.05) is 12.7 Å². The first-order chi connectivity index (χ1) is 16.0. The van der Waals surface area contributed by atoms with Crippen LogP contribution in [0.25, 0.3) is 11.0 Å². The molecular weight excluding hydrogens is 414 g/mol. The molecule has 0 atom stereocenters. The Morgan fingerprint density at radius 1 is 1.18 bits per heavy atom. The highest BCUT2D eigenvalue weighted by molar-refractivity contribution is 5.89. The number of aromatic nitrogens is 3. The zero-order valence-corrected chi connectivity index (χ0v) is 19.9. The molecule has 1 aromatic carbocycles. The van der Waals surface area contributed by atoms with Gasteiger partial charge in [-0.15, -0.1) is 0 Å². The van der Waals surface area contributed by atoms with Crippen molar-refractivity contribution in [2.24, 2.45) is 0 Å². The Balaban J connectivity index is 1.56. The summed E-state index contributed by atoms with van der Waals surface area (Å²) < 4.78 is 5.71. The second kappa shape index (κ2) is 9.95. The van der Waals surface area contributed by atoms with E-state index < -0.39 is 0 Å². The number of aromatic amines is 1. The molecule has 1 aliphatic rings. The van der Waals surface area contributed by atoms with E-state index in [0.29, 0.717) is 12.0 Å². The van der Waals surface area contributed by atoms with Gasteiger partial charge in [0.05, 0.1) is 18.2 Å². The van der Waals surface area contributed by atoms with E-state index in [1.54, 1.807) is 13.2 Å². The van der Waals surface area contributed by atoms with Crippen LogP contribution in [-0.2, 0) is 0 Å². The summed E-state index contributed by atoms with van der Waals surface area (Å²) in [6.07, 6.45) is 5.50. The highest BCUT2D eigenvalue weighted by Crippen LogP contribution is 2.33. The predicted octanol–water partition coefficient (Wildman–Crippen LogP) is 4.74. The van der Waals surface area contributed by atoms with Crippen molar-refractivity contribution in [3.05, 3.63) is 54.9 Å². The third-order valence-electron chi connectivity index (χ3n) is 5.94. The molecule has 8 nitrogen and oxygen atoms in total. The Morgan fingerprint density at radius 2 is 1.97 bits per heavy atom. The average molecular weight is 448 g/mol. The van der Waals surface area contributed by atoms with E-state index in [4.69, 9.17) is 9.72 Å². The SMILES string of the molecule is C=C/C=C(\C)Nc1nc(Nc2ccc(N3CCN(C(C)C)CC3)cc2OC)nc2[nH]ccc12. The molecule has 3 heterocycles. The Kier molecular flexibility index (Phi) is 6.84. The molecule has 0 saturated carbocycles. The van der Waals surface area contributed by atoms with Gasteiger partial charge in [-0.25, -0.2) is 0 Å². The lowest BCUT2D eigenvalue weighted by Crippen LogP contribution is -2.48. The van der Waals surface area contributed by atoms with Crippen molar-refractivity contribution in [1.82, 2.24) is 19.9 Å². The monoisotopic (exact) mass is 447 g/mol. The van der Waals surface area contributed by atoms with E-state index in [2.05, 4.69) is 63.0 Å². The van der Waals surface area contributed by atoms with Crippen LogP contribution in [0.2, 0.25) is 0 Å². The molecule has 8 heteroatoms. The van der Waals surface area contributed by atoms with Crippen molar-refractivity contribution in [3.8, 4) is 5.75 Å². The van der Waals surface area contributed by atoms with Crippen LogP contribution in [0.15, 0.2) is 54.9 Å². The lowest BCUT2D eigenvalue weighted by atomic mass is 10.2. The lowest BCUT2D eigenvalue weighted by Gasteiger charge is -2.38. The molecule has 0 bridgehead atoms. The fourth-order valence-corrected chi connectivity index (χ4v) is 4.09. The maximum Gasteiger partial charge on any atom is 0.231 e. The summed E-state index contributed by atoms with van der Waals surface area (Å²) in [4.78, 5) is 17.4. The molecule has 2 aromatic heterocycles. The van der Waals surface area contributed by atoms with Crippen LogP contribution in [0, 0.1) is 0 Å². The standard InChI is InChI=1S/C25H33N7O/c1-6-7-18(4)27-24-20-10-11-26-23(20)29-25(30-24)28-21-9-8-19(16-22(21)33-5)32-14-12-31(13-15-32)17(2)3/h6-11,16-17H,1,12-15H2,2-5H3,(H3,26,27,28,29,30)/b18-7+. The zero-order valence-electron chi connectivity index (χ0n) is 19.9. The fraction of sp³-hybridized carbons (Fsp3) is 0.360. The van der Waals surface area contributed by atoms with Gasteiger partial charge in [0, 0.05) is 55.9 Å². The molecule has 1 fully saturated rings. The Morgan fingerprint density at radius 3 is 2.67 bits per heavy atom. The first-order valence-electron chi connectivity index (χ1n) is 11.3. The van der Waals surface area contributed by atoms with Crippen molar-refractivity contribution in [2.45, 2.75) is 26.8 Å². The summed E-state index contributed by atoms with van der Waals surface area (Å²) in [6, 6.07) is 8.77. The summed E-state index contributed by atoms with van der Waals surface area (Å²) >= 11 is 0. The maximum atomic E-state index is 5.71. The predicted molar refractivity (Wildman–Crippen MR) is 137 cm³/mol. The molecule has 3 N–H and O–H groups in total. The van der Waals surface area contributed by atoms with Gasteiger partial charge in [0.15, 0.2) is 0 Å². The lowest BCUT2D eigenvalue weighted by molar-refractivity contribution is 0.209. The smallest absolute Gasteiger partial charge is 0.231 e. The minimum absolute atomic E-state index is 0.482. The third-order valence-corrected chi connectivity index (χ3v) is 5.94. The molecular formula is C25H33N7O. The number of rotatable bonds is 8. The highest BCUT2D eigenvalue weighted by Gasteiger charge is 2.20. The molecule has 174 valence electrons. The van der Waals surface area contributed by atoms with Crippen LogP contribution in [-0.4, -0.2) is 59.2 Å². The summed E-state index contributed by atoms with van der Waals surface area (Å²) in [6.45, 7) is 14.4. The van der Waals surface area contributed by atoms with E-state index in [1.165, 1.54) is 0 Å². The Hall–Kier alpha value is -3.52. The number of hydrogen-bond acceptors (Lipinski definition) is 7. The molecule has 0 radical (unpaired) electrons. The molecule has 1 aliphatic heterocycles. The zero-order chi connectivity index (χ0) is 23.4. The first-order valence-corrected chi connectivity index (χ1v) is 11.3. The third kappa shape index (κ3) is 5.12. The first kappa shape index (κ1) is 22.7. The van der Waals surface area contributed by atoms with Gasteiger partial charge in [0.2, 0.25) is 5.95 Å². The van der Waals surface area contributed by atoms with E-state index in [0.717, 1.165) is 65.9 Å². The van der Waals surface area contributed by atoms with Crippen LogP contribution in [0.4, 0.5) is 23.1 Å². The Labute approximate surface area is 195 Å². The van der Waals surface area contributed by atoms with Crippen LogP contribution < -0.4 is 20.3 Å². The molecule has 1 saturated heterocycles.